The van der Waals surface area contributed by atoms with Gasteiger partial charge in [0.05, 0.1) is 18.5 Å². The summed E-state index contributed by atoms with van der Waals surface area (Å²) in [5.41, 5.74) is 1.58. The third-order valence-corrected chi connectivity index (χ3v) is 2.54. The molecule has 1 aromatic heterocycles. The number of carboxylic acid groups (broad SMARTS) is 1. The van der Waals surface area contributed by atoms with Crippen molar-refractivity contribution in [3.63, 3.8) is 0 Å². The Morgan fingerprint density at radius 2 is 2.33 bits per heavy atom. The minimum atomic E-state index is -0.896. The highest BCUT2D eigenvalue weighted by Gasteiger charge is 2.17. The maximum atomic E-state index is 11.7. The van der Waals surface area contributed by atoms with Crippen molar-refractivity contribution < 1.29 is 9.90 Å². The van der Waals surface area contributed by atoms with Crippen LogP contribution in [0.5, 0.6) is 0 Å². The van der Waals surface area contributed by atoms with E-state index in [0.29, 0.717) is 6.54 Å². The summed E-state index contributed by atoms with van der Waals surface area (Å²) in [4.78, 5) is 22.1. The van der Waals surface area contributed by atoms with Crippen molar-refractivity contribution in [3.8, 4) is 0 Å². The van der Waals surface area contributed by atoms with Crippen molar-refractivity contribution in [1.82, 2.24) is 15.1 Å². The quantitative estimate of drug-likeness (QED) is 0.616. The molecule has 0 aliphatic carbocycles. The molecule has 0 aromatic carbocycles. The van der Waals surface area contributed by atoms with E-state index in [4.69, 9.17) is 5.11 Å². The van der Waals surface area contributed by atoms with Crippen LogP contribution in [0, 0.1) is 0 Å². The molecule has 0 unspecified atom stereocenters. The van der Waals surface area contributed by atoms with Crippen molar-refractivity contribution in [1.29, 1.82) is 0 Å². The van der Waals surface area contributed by atoms with Crippen LogP contribution in [0.4, 0.5) is 0 Å². The maximum absolute atomic E-state index is 11.7. The molecule has 3 N–H and O–H groups in total. The standard InChI is InChI=1S/C9H13N3O3/c13-8(14)2-4-12-9(15)6-5-10-3-1-7(6)11-12/h10-11H,1-5H2,(H,13,14). The Hall–Kier alpha value is -1.56. The Labute approximate surface area is 85.9 Å². The van der Waals surface area contributed by atoms with Gasteiger partial charge in [0.1, 0.15) is 0 Å². The van der Waals surface area contributed by atoms with Gasteiger partial charge in [0.15, 0.2) is 0 Å². The summed E-state index contributed by atoms with van der Waals surface area (Å²) in [5, 5.41) is 14.6. The van der Waals surface area contributed by atoms with Gasteiger partial charge >= 0.3 is 5.97 Å². The highest BCUT2D eigenvalue weighted by molar-refractivity contribution is 5.66. The molecule has 6 nitrogen and oxygen atoms in total. The molecule has 0 bridgehead atoms. The van der Waals surface area contributed by atoms with Crippen molar-refractivity contribution in [2.24, 2.45) is 0 Å². The fourth-order valence-electron chi connectivity index (χ4n) is 1.75. The maximum Gasteiger partial charge on any atom is 0.305 e. The normalized spacial score (nSPS) is 14.9. The lowest BCUT2D eigenvalue weighted by Gasteiger charge is -2.09. The van der Waals surface area contributed by atoms with Crippen molar-refractivity contribution in [2.75, 3.05) is 6.54 Å². The predicted octanol–water partition coefficient (Wildman–Crippen LogP) is -0.703. The monoisotopic (exact) mass is 211 g/mol. The fraction of sp³-hybridized carbons (Fsp3) is 0.556. The number of carboxylic acids is 1. The number of hydrogen-bond donors (Lipinski definition) is 3. The van der Waals surface area contributed by atoms with Crippen molar-refractivity contribution >= 4 is 5.97 Å². The number of aliphatic carboxylic acids is 1. The highest BCUT2D eigenvalue weighted by Crippen LogP contribution is 2.06. The third-order valence-electron chi connectivity index (χ3n) is 2.54. The largest absolute Gasteiger partial charge is 0.481 e. The predicted molar refractivity (Wildman–Crippen MR) is 52.7 cm³/mol. The molecule has 0 saturated carbocycles. The van der Waals surface area contributed by atoms with Gasteiger partial charge in [-0.15, -0.1) is 0 Å². The first-order valence-electron chi connectivity index (χ1n) is 4.91. The number of carbonyl (C=O) groups is 1. The SMILES string of the molecule is O=C(O)CCn1[nH]c2c(c1=O)CNCC2. The second-order valence-electron chi connectivity index (χ2n) is 3.60. The Kier molecular flexibility index (Phi) is 2.59. The molecule has 82 valence electrons. The first-order valence-corrected chi connectivity index (χ1v) is 4.91. The average Bonchev–Trinajstić information content (AvgIpc) is 2.54. The summed E-state index contributed by atoms with van der Waals surface area (Å²) in [7, 11) is 0. The Balaban J connectivity index is 2.22. The van der Waals surface area contributed by atoms with Crippen LogP contribution < -0.4 is 10.9 Å². The molecule has 1 aromatic rings. The molecule has 0 amide bonds. The lowest BCUT2D eigenvalue weighted by Crippen LogP contribution is -2.28. The Bertz CT molecular complexity index is 432. The van der Waals surface area contributed by atoms with Crippen molar-refractivity contribution in [2.45, 2.75) is 25.9 Å². The van der Waals surface area contributed by atoms with E-state index in [-0.39, 0.29) is 18.5 Å². The van der Waals surface area contributed by atoms with E-state index in [1.54, 1.807) is 0 Å². The molecule has 0 spiro atoms. The van der Waals surface area contributed by atoms with E-state index in [0.717, 1.165) is 24.2 Å². The van der Waals surface area contributed by atoms with Gasteiger partial charge < -0.3 is 10.4 Å². The van der Waals surface area contributed by atoms with Crippen LogP contribution in [-0.2, 0) is 24.3 Å². The third kappa shape index (κ3) is 1.94. The molecule has 2 rings (SSSR count). The molecule has 0 atom stereocenters. The number of aromatic amines is 1. The zero-order valence-corrected chi connectivity index (χ0v) is 8.25. The second-order valence-corrected chi connectivity index (χ2v) is 3.60. The van der Waals surface area contributed by atoms with Crippen LogP contribution in [0.3, 0.4) is 0 Å². The Morgan fingerprint density at radius 3 is 3.00 bits per heavy atom. The average molecular weight is 211 g/mol. The minimum absolute atomic E-state index is 0.0350. The molecule has 1 aliphatic heterocycles. The van der Waals surface area contributed by atoms with Crippen LogP contribution in [0.25, 0.3) is 0 Å². The first-order chi connectivity index (χ1) is 7.18. The van der Waals surface area contributed by atoms with Gasteiger partial charge in [-0.25, -0.2) is 0 Å². The first kappa shape index (κ1) is 9.97. The molecule has 6 heteroatoms. The molecular formula is C9H13N3O3. The zero-order chi connectivity index (χ0) is 10.8. The minimum Gasteiger partial charge on any atom is -0.481 e. The smallest absolute Gasteiger partial charge is 0.305 e. The van der Waals surface area contributed by atoms with Gasteiger partial charge in [0, 0.05) is 25.2 Å². The molecule has 0 radical (unpaired) electrons. The lowest BCUT2D eigenvalue weighted by atomic mass is 10.1. The van der Waals surface area contributed by atoms with Gasteiger partial charge in [0.2, 0.25) is 0 Å². The van der Waals surface area contributed by atoms with E-state index in [1.165, 1.54) is 4.68 Å². The van der Waals surface area contributed by atoms with E-state index in [1.807, 2.05) is 0 Å². The number of aryl methyl sites for hydroxylation is 1. The number of fused-ring (bicyclic) bond motifs is 1. The summed E-state index contributed by atoms with van der Waals surface area (Å²) in [5.74, 6) is -0.896. The lowest BCUT2D eigenvalue weighted by molar-refractivity contribution is -0.137. The van der Waals surface area contributed by atoms with Gasteiger partial charge in [-0.2, -0.15) is 0 Å². The van der Waals surface area contributed by atoms with Gasteiger partial charge in [-0.3, -0.25) is 19.4 Å². The number of hydrogen-bond acceptors (Lipinski definition) is 3. The Morgan fingerprint density at radius 1 is 1.53 bits per heavy atom. The number of rotatable bonds is 3. The molecule has 15 heavy (non-hydrogen) atoms. The summed E-state index contributed by atoms with van der Waals surface area (Å²) < 4.78 is 1.38. The summed E-state index contributed by atoms with van der Waals surface area (Å²) >= 11 is 0. The van der Waals surface area contributed by atoms with Gasteiger partial charge in [0.25, 0.3) is 5.56 Å². The molecule has 0 fully saturated rings. The van der Waals surface area contributed by atoms with E-state index in [2.05, 4.69) is 10.4 Å². The van der Waals surface area contributed by atoms with Crippen LogP contribution in [0.15, 0.2) is 4.79 Å². The number of H-pyrrole nitrogens is 1. The van der Waals surface area contributed by atoms with Crippen LogP contribution in [0.2, 0.25) is 0 Å². The topological polar surface area (TPSA) is 87.1 Å². The molecule has 1 aliphatic rings. The summed E-state index contributed by atoms with van der Waals surface area (Å²) in [6.45, 7) is 1.64. The second kappa shape index (κ2) is 3.90. The summed E-state index contributed by atoms with van der Waals surface area (Å²) in [6, 6.07) is 0. The van der Waals surface area contributed by atoms with Crippen LogP contribution in [-0.4, -0.2) is 27.4 Å². The van der Waals surface area contributed by atoms with Gasteiger partial charge in [-0.05, 0) is 0 Å². The zero-order valence-electron chi connectivity index (χ0n) is 8.25. The molecule has 0 saturated heterocycles. The molecular weight excluding hydrogens is 198 g/mol. The van der Waals surface area contributed by atoms with Crippen LogP contribution in [0.1, 0.15) is 17.7 Å². The number of aromatic nitrogens is 2. The summed E-state index contributed by atoms with van der Waals surface area (Å²) in [6.07, 6.45) is 0.761. The highest BCUT2D eigenvalue weighted by atomic mass is 16.4. The number of nitrogens with one attached hydrogen (secondary N) is 2. The number of nitrogens with zero attached hydrogens (tertiary/aromatic N) is 1. The van der Waals surface area contributed by atoms with E-state index >= 15 is 0 Å². The van der Waals surface area contributed by atoms with E-state index < -0.39 is 5.97 Å². The van der Waals surface area contributed by atoms with Crippen LogP contribution >= 0.6 is 0 Å². The van der Waals surface area contributed by atoms with Gasteiger partial charge in [-0.1, -0.05) is 0 Å². The molecule has 2 heterocycles. The fourth-order valence-corrected chi connectivity index (χ4v) is 1.75. The van der Waals surface area contributed by atoms with Crippen molar-refractivity contribution in [3.05, 3.63) is 21.6 Å². The van der Waals surface area contributed by atoms with E-state index in [9.17, 15) is 9.59 Å².